The maximum Gasteiger partial charge on any atom is 0.261 e. The van der Waals surface area contributed by atoms with E-state index in [4.69, 9.17) is 27.9 Å². The van der Waals surface area contributed by atoms with Crippen molar-refractivity contribution in [1.82, 2.24) is 10.2 Å². The summed E-state index contributed by atoms with van der Waals surface area (Å²) < 4.78 is 6.76. The fourth-order valence-electron chi connectivity index (χ4n) is 2.93. The van der Waals surface area contributed by atoms with Gasteiger partial charge in [-0.05, 0) is 76.9 Å². The van der Waals surface area contributed by atoms with Crippen LogP contribution in [0.2, 0.25) is 10.0 Å². The van der Waals surface area contributed by atoms with Crippen LogP contribution in [0.25, 0.3) is 0 Å². The van der Waals surface area contributed by atoms with Gasteiger partial charge in [0.25, 0.3) is 5.91 Å². The summed E-state index contributed by atoms with van der Waals surface area (Å²) in [5.74, 6) is 0.413. The summed E-state index contributed by atoms with van der Waals surface area (Å²) in [5, 5.41) is 3.88. The van der Waals surface area contributed by atoms with Crippen molar-refractivity contribution in [2.75, 3.05) is 13.2 Å². The fraction of sp³-hybridized carbons (Fsp3) is 0.391. The van der Waals surface area contributed by atoms with Crippen molar-refractivity contribution in [1.29, 1.82) is 0 Å². The SMILES string of the molecule is CCC(C(=O)NCC(C)C)N(Cc1ccc(Cl)cc1Cl)C(=O)COc1ccc(I)cc1. The Hall–Kier alpha value is -1.51. The lowest BCUT2D eigenvalue weighted by atomic mass is 10.1. The van der Waals surface area contributed by atoms with E-state index >= 15 is 0 Å². The lowest BCUT2D eigenvalue weighted by molar-refractivity contribution is -0.143. The average molecular weight is 577 g/mol. The smallest absolute Gasteiger partial charge is 0.261 e. The van der Waals surface area contributed by atoms with Crippen molar-refractivity contribution in [3.05, 3.63) is 61.6 Å². The molecule has 0 aliphatic heterocycles. The molecule has 0 aromatic heterocycles. The second-order valence-electron chi connectivity index (χ2n) is 7.56. The summed E-state index contributed by atoms with van der Waals surface area (Å²) in [6, 6.07) is 11.9. The Balaban J connectivity index is 2.22. The molecule has 0 saturated heterocycles. The number of ether oxygens (including phenoxy) is 1. The third-order valence-corrected chi connectivity index (χ3v) is 5.91. The molecule has 1 atom stereocenters. The van der Waals surface area contributed by atoms with Crippen molar-refractivity contribution in [3.63, 3.8) is 0 Å². The van der Waals surface area contributed by atoms with Gasteiger partial charge in [-0.2, -0.15) is 0 Å². The van der Waals surface area contributed by atoms with Crippen LogP contribution in [-0.2, 0) is 16.1 Å². The first-order chi connectivity index (χ1) is 14.7. The van der Waals surface area contributed by atoms with Gasteiger partial charge in [0.05, 0.1) is 0 Å². The Kier molecular flexibility index (Phi) is 10.4. The first kappa shape index (κ1) is 25.7. The number of hydrogen-bond acceptors (Lipinski definition) is 3. The first-order valence-electron chi connectivity index (χ1n) is 10.1. The van der Waals surface area contributed by atoms with E-state index in [0.717, 1.165) is 3.57 Å². The summed E-state index contributed by atoms with van der Waals surface area (Å²) in [6.07, 6.45) is 0.463. The van der Waals surface area contributed by atoms with Gasteiger partial charge in [-0.15, -0.1) is 0 Å². The Morgan fingerprint density at radius 2 is 1.81 bits per heavy atom. The molecule has 0 aliphatic carbocycles. The minimum atomic E-state index is -0.640. The number of rotatable bonds is 10. The topological polar surface area (TPSA) is 58.6 Å². The van der Waals surface area contributed by atoms with Crippen molar-refractivity contribution in [2.24, 2.45) is 5.92 Å². The quantitative estimate of drug-likeness (QED) is 0.377. The molecule has 8 heteroatoms. The summed E-state index contributed by atoms with van der Waals surface area (Å²) in [4.78, 5) is 27.5. The molecular formula is C23H27Cl2IN2O3. The van der Waals surface area contributed by atoms with Crippen LogP contribution in [0.3, 0.4) is 0 Å². The van der Waals surface area contributed by atoms with Gasteiger partial charge in [-0.1, -0.05) is 50.0 Å². The van der Waals surface area contributed by atoms with Crippen molar-refractivity contribution in [2.45, 2.75) is 39.8 Å². The molecule has 31 heavy (non-hydrogen) atoms. The highest BCUT2D eigenvalue weighted by molar-refractivity contribution is 14.1. The van der Waals surface area contributed by atoms with Gasteiger partial charge in [-0.3, -0.25) is 9.59 Å². The van der Waals surface area contributed by atoms with Crippen LogP contribution in [0.5, 0.6) is 5.75 Å². The predicted octanol–water partition coefficient (Wildman–Crippen LogP) is 5.56. The highest BCUT2D eigenvalue weighted by atomic mass is 127. The third kappa shape index (κ3) is 8.16. The Morgan fingerprint density at radius 1 is 1.13 bits per heavy atom. The normalized spacial score (nSPS) is 11.8. The largest absolute Gasteiger partial charge is 0.484 e. The summed E-state index contributed by atoms with van der Waals surface area (Å²) >= 11 is 14.6. The Bertz CT molecular complexity index is 891. The lowest BCUT2D eigenvalue weighted by Gasteiger charge is -2.31. The molecule has 0 saturated carbocycles. The van der Waals surface area contributed by atoms with E-state index in [2.05, 4.69) is 27.9 Å². The van der Waals surface area contributed by atoms with Crippen LogP contribution in [-0.4, -0.2) is 35.9 Å². The minimum Gasteiger partial charge on any atom is -0.484 e. The van der Waals surface area contributed by atoms with Gasteiger partial charge in [0.15, 0.2) is 6.61 Å². The van der Waals surface area contributed by atoms with Crippen LogP contribution in [0.4, 0.5) is 0 Å². The Morgan fingerprint density at radius 3 is 2.39 bits per heavy atom. The van der Waals surface area contributed by atoms with Gasteiger partial charge in [0, 0.05) is 26.7 Å². The number of nitrogens with one attached hydrogen (secondary N) is 1. The zero-order valence-corrected chi connectivity index (χ0v) is 21.5. The molecule has 5 nitrogen and oxygen atoms in total. The molecule has 0 heterocycles. The number of benzene rings is 2. The lowest BCUT2D eigenvalue weighted by Crippen LogP contribution is -2.50. The minimum absolute atomic E-state index is 0.179. The second-order valence-corrected chi connectivity index (χ2v) is 9.65. The zero-order chi connectivity index (χ0) is 23.0. The number of carbonyl (C=O) groups is 2. The molecule has 2 amide bonds. The maximum absolute atomic E-state index is 13.2. The van der Waals surface area contributed by atoms with Crippen molar-refractivity contribution < 1.29 is 14.3 Å². The maximum atomic E-state index is 13.2. The van der Waals surface area contributed by atoms with Gasteiger partial charge in [-0.25, -0.2) is 0 Å². The molecule has 1 unspecified atom stereocenters. The molecule has 2 aromatic carbocycles. The molecule has 2 aromatic rings. The number of halogens is 3. The average Bonchev–Trinajstić information content (AvgIpc) is 2.73. The molecule has 0 spiro atoms. The molecule has 1 N–H and O–H groups in total. The number of nitrogens with zero attached hydrogens (tertiary/aromatic N) is 1. The van der Waals surface area contributed by atoms with Gasteiger partial charge in [0.2, 0.25) is 5.91 Å². The molecular weight excluding hydrogens is 550 g/mol. The summed E-state index contributed by atoms with van der Waals surface area (Å²) in [6.45, 7) is 6.46. The Labute approximate surface area is 207 Å². The van der Waals surface area contributed by atoms with E-state index in [1.54, 1.807) is 18.2 Å². The van der Waals surface area contributed by atoms with E-state index in [-0.39, 0.29) is 25.0 Å². The molecule has 0 aliphatic rings. The second kappa shape index (κ2) is 12.5. The molecule has 2 rings (SSSR count). The van der Waals surface area contributed by atoms with E-state index in [0.29, 0.717) is 40.2 Å². The third-order valence-electron chi connectivity index (χ3n) is 4.60. The predicted molar refractivity (Wildman–Crippen MR) is 134 cm³/mol. The number of amides is 2. The summed E-state index contributed by atoms with van der Waals surface area (Å²) in [5.41, 5.74) is 0.712. The molecule has 0 bridgehead atoms. The molecule has 168 valence electrons. The van der Waals surface area contributed by atoms with Crippen LogP contribution in [0, 0.1) is 9.49 Å². The standard InChI is InChI=1S/C23H27Cl2IN2O3/c1-4-21(23(30)27-12-15(2)3)28(13-16-5-6-17(24)11-20(16)25)22(29)14-31-19-9-7-18(26)8-10-19/h5-11,15,21H,4,12-14H2,1-3H3,(H,27,30). The van der Waals surface area contributed by atoms with E-state index in [1.165, 1.54) is 4.90 Å². The number of carbonyl (C=O) groups excluding carboxylic acids is 2. The van der Waals surface area contributed by atoms with Gasteiger partial charge >= 0.3 is 0 Å². The highest BCUT2D eigenvalue weighted by Gasteiger charge is 2.29. The summed E-state index contributed by atoms with van der Waals surface area (Å²) in [7, 11) is 0. The van der Waals surface area contributed by atoms with Gasteiger partial charge < -0.3 is 15.0 Å². The van der Waals surface area contributed by atoms with Crippen molar-refractivity contribution >= 4 is 57.6 Å². The molecule has 0 radical (unpaired) electrons. The van der Waals surface area contributed by atoms with E-state index < -0.39 is 6.04 Å². The molecule has 0 fully saturated rings. The van der Waals surface area contributed by atoms with E-state index in [1.807, 2.05) is 45.0 Å². The first-order valence-corrected chi connectivity index (χ1v) is 11.9. The van der Waals surface area contributed by atoms with Crippen LogP contribution < -0.4 is 10.1 Å². The highest BCUT2D eigenvalue weighted by Crippen LogP contribution is 2.24. The van der Waals surface area contributed by atoms with Crippen molar-refractivity contribution in [3.8, 4) is 5.75 Å². The van der Waals surface area contributed by atoms with Crippen LogP contribution in [0.1, 0.15) is 32.8 Å². The van der Waals surface area contributed by atoms with E-state index in [9.17, 15) is 9.59 Å². The number of hydrogen-bond donors (Lipinski definition) is 1. The zero-order valence-electron chi connectivity index (χ0n) is 17.8. The monoisotopic (exact) mass is 576 g/mol. The fourth-order valence-corrected chi connectivity index (χ4v) is 3.76. The van der Waals surface area contributed by atoms with Gasteiger partial charge in [0.1, 0.15) is 11.8 Å². The van der Waals surface area contributed by atoms with Crippen LogP contribution >= 0.6 is 45.8 Å². The van der Waals surface area contributed by atoms with Crippen LogP contribution in [0.15, 0.2) is 42.5 Å².